The maximum Gasteiger partial charge on any atom is 0.405 e. The Kier molecular flexibility index (Phi) is 6.31. The molecule has 1 unspecified atom stereocenters. The van der Waals surface area contributed by atoms with Gasteiger partial charge >= 0.3 is 12.2 Å². The van der Waals surface area contributed by atoms with Gasteiger partial charge in [-0.05, 0) is 18.6 Å². The van der Waals surface area contributed by atoms with E-state index >= 15 is 0 Å². The highest BCUT2D eigenvalue weighted by molar-refractivity contribution is 5.91. The second-order valence-corrected chi connectivity index (χ2v) is 7.69. The number of fused-ring (bicyclic) bond motifs is 3. The molecule has 178 valence electrons. The predicted molar refractivity (Wildman–Crippen MR) is 110 cm³/mol. The van der Waals surface area contributed by atoms with E-state index in [0.29, 0.717) is 36.8 Å². The Morgan fingerprint density at radius 2 is 2.18 bits per heavy atom. The number of aliphatic hydroxyl groups excluding tert-OH is 1. The van der Waals surface area contributed by atoms with E-state index in [1.54, 1.807) is 12.1 Å². The number of rotatable bonds is 6. The molecule has 4 N–H and O–H groups in total. The Morgan fingerprint density at radius 3 is 2.94 bits per heavy atom. The largest absolute Gasteiger partial charge is 0.491 e. The summed E-state index contributed by atoms with van der Waals surface area (Å²) in [4.78, 5) is 33.1. The van der Waals surface area contributed by atoms with Gasteiger partial charge in [-0.1, -0.05) is 6.08 Å². The van der Waals surface area contributed by atoms with Crippen molar-refractivity contribution in [1.82, 2.24) is 25.4 Å². The number of aromatic nitrogens is 1. The summed E-state index contributed by atoms with van der Waals surface area (Å²) in [5.41, 5.74) is 0.687. The third kappa shape index (κ3) is 5.13. The molecule has 2 bridgehead atoms. The Labute approximate surface area is 187 Å². The van der Waals surface area contributed by atoms with E-state index in [1.165, 1.54) is 23.2 Å². The number of alkyl halides is 3. The van der Waals surface area contributed by atoms with Crippen LogP contribution >= 0.6 is 0 Å². The molecule has 1 fully saturated rings. The van der Waals surface area contributed by atoms with Crippen molar-refractivity contribution in [2.45, 2.75) is 24.7 Å². The van der Waals surface area contributed by atoms with Crippen LogP contribution in [0.1, 0.15) is 6.42 Å². The second kappa shape index (κ2) is 9.17. The van der Waals surface area contributed by atoms with Crippen molar-refractivity contribution in [3.8, 4) is 5.75 Å². The lowest BCUT2D eigenvalue weighted by Gasteiger charge is -2.40. The summed E-state index contributed by atoms with van der Waals surface area (Å²) >= 11 is 0. The summed E-state index contributed by atoms with van der Waals surface area (Å²) in [6.45, 7) is -0.220. The smallest absolute Gasteiger partial charge is 0.405 e. The zero-order valence-electron chi connectivity index (χ0n) is 17.4. The van der Waals surface area contributed by atoms with Crippen molar-refractivity contribution in [3.63, 3.8) is 0 Å². The van der Waals surface area contributed by atoms with Crippen LogP contribution in [0.5, 0.6) is 5.75 Å². The third-order valence-electron chi connectivity index (χ3n) is 5.38. The number of anilines is 1. The van der Waals surface area contributed by atoms with Crippen molar-refractivity contribution in [2.75, 3.05) is 38.2 Å². The van der Waals surface area contributed by atoms with E-state index in [9.17, 15) is 22.8 Å². The zero-order valence-corrected chi connectivity index (χ0v) is 17.4. The van der Waals surface area contributed by atoms with Gasteiger partial charge in [-0.25, -0.2) is 9.78 Å². The van der Waals surface area contributed by atoms with Crippen molar-refractivity contribution < 1.29 is 32.6 Å². The Morgan fingerprint density at radius 1 is 1.36 bits per heavy atom. The average Bonchev–Trinajstić information content (AvgIpc) is 3.19. The number of ether oxygens (including phenoxy) is 1. The quantitative estimate of drug-likeness (QED) is 0.487. The number of dihydropyridines is 1. The molecule has 3 aliphatic heterocycles. The van der Waals surface area contributed by atoms with Gasteiger partial charge in [0.25, 0.3) is 0 Å². The highest BCUT2D eigenvalue weighted by atomic mass is 19.4. The molecule has 0 radical (unpaired) electrons. The van der Waals surface area contributed by atoms with Gasteiger partial charge in [0.15, 0.2) is 0 Å². The molecular formula is C20H23F3N6O4. The highest BCUT2D eigenvalue weighted by Gasteiger charge is 2.42. The lowest BCUT2D eigenvalue weighted by atomic mass is 10.1. The minimum Gasteiger partial charge on any atom is -0.491 e. The van der Waals surface area contributed by atoms with Crippen LogP contribution in [0.3, 0.4) is 0 Å². The van der Waals surface area contributed by atoms with Crippen LogP contribution < -0.4 is 20.7 Å². The molecule has 0 aliphatic carbocycles. The average molecular weight is 468 g/mol. The summed E-state index contributed by atoms with van der Waals surface area (Å²) in [6.07, 6.45) is 0.732. The Hall–Kier alpha value is -3.48. The standard InChI is InChI=1S/C20H23F3N6O4/c21-20(22,23)11-25-18(31)14-1-2-15-17(26-14)29(12-4-6-28(15)10-12)19(32)27-16-9-13(3-5-24-16)33-8-7-30/h1-3,5,9,12,14,26,30H,4,6-8,10-11H2,(H,25,31)(H,24,27,32)/t12-,14?/m0/s1. The van der Waals surface area contributed by atoms with Crippen LogP contribution in [0.25, 0.3) is 0 Å². The van der Waals surface area contributed by atoms with Crippen LogP contribution in [0.15, 0.2) is 42.0 Å². The van der Waals surface area contributed by atoms with Crippen molar-refractivity contribution in [1.29, 1.82) is 0 Å². The summed E-state index contributed by atoms with van der Waals surface area (Å²) in [7, 11) is 0. The fourth-order valence-electron chi connectivity index (χ4n) is 3.96. The van der Waals surface area contributed by atoms with Crippen LogP contribution in [-0.4, -0.2) is 82.9 Å². The Bertz CT molecular complexity index is 983. The number of hydrogen-bond donors (Lipinski definition) is 4. The minimum atomic E-state index is -4.53. The number of pyridine rings is 1. The number of halogens is 3. The zero-order chi connectivity index (χ0) is 23.6. The van der Waals surface area contributed by atoms with Gasteiger partial charge in [0.1, 0.15) is 36.6 Å². The number of urea groups is 1. The SMILES string of the molecule is O=C(NCC(F)(F)F)C1C=CC2=C(N1)N(C(=O)Nc1cc(OCCO)ccn1)[C@H]1CCN2C1. The maximum absolute atomic E-state index is 13.2. The normalized spacial score (nSPS) is 21.5. The molecule has 13 heteroatoms. The van der Waals surface area contributed by atoms with Gasteiger partial charge in [-0.3, -0.25) is 15.0 Å². The van der Waals surface area contributed by atoms with Crippen molar-refractivity contribution >= 4 is 17.8 Å². The third-order valence-corrected chi connectivity index (χ3v) is 5.38. The lowest BCUT2D eigenvalue weighted by molar-refractivity contribution is -0.138. The van der Waals surface area contributed by atoms with E-state index in [4.69, 9.17) is 9.84 Å². The lowest BCUT2D eigenvalue weighted by Crippen LogP contribution is -2.56. The second-order valence-electron chi connectivity index (χ2n) is 7.69. The number of aliphatic hydroxyl groups is 1. The van der Waals surface area contributed by atoms with E-state index < -0.39 is 30.7 Å². The maximum atomic E-state index is 13.2. The number of carbonyl (C=O) groups is 2. The number of amides is 3. The van der Waals surface area contributed by atoms with Crippen molar-refractivity contribution in [3.05, 3.63) is 42.0 Å². The number of carbonyl (C=O) groups excluding carboxylic acids is 2. The fourth-order valence-corrected chi connectivity index (χ4v) is 3.96. The summed E-state index contributed by atoms with van der Waals surface area (Å²) in [6, 6.07) is 1.34. The molecule has 0 saturated carbocycles. The number of nitrogens with one attached hydrogen (secondary N) is 3. The van der Waals surface area contributed by atoms with E-state index in [1.807, 2.05) is 5.32 Å². The fraction of sp³-hybridized carbons (Fsp3) is 0.450. The molecule has 1 aromatic heterocycles. The first kappa shape index (κ1) is 22.7. The molecule has 0 aromatic carbocycles. The monoisotopic (exact) mass is 468 g/mol. The van der Waals surface area contributed by atoms with Crippen LogP contribution in [0, 0.1) is 0 Å². The first-order valence-corrected chi connectivity index (χ1v) is 10.3. The molecule has 1 saturated heterocycles. The Balaban J connectivity index is 1.50. The van der Waals surface area contributed by atoms with Crippen molar-refractivity contribution in [2.24, 2.45) is 0 Å². The van der Waals surface area contributed by atoms with Gasteiger partial charge in [0.05, 0.1) is 18.3 Å². The summed E-state index contributed by atoms with van der Waals surface area (Å²) < 4.78 is 42.8. The molecule has 10 nitrogen and oxygen atoms in total. The van der Waals surface area contributed by atoms with Gasteiger partial charge < -0.3 is 25.4 Å². The van der Waals surface area contributed by atoms with Gasteiger partial charge in [-0.2, -0.15) is 13.2 Å². The highest BCUT2D eigenvalue weighted by Crippen LogP contribution is 2.33. The molecular weight excluding hydrogens is 445 g/mol. The van der Waals surface area contributed by atoms with E-state index in [2.05, 4.69) is 20.5 Å². The summed E-state index contributed by atoms with van der Waals surface area (Å²) in [5, 5.41) is 16.4. The van der Waals surface area contributed by atoms with Crippen LogP contribution in [0.4, 0.5) is 23.8 Å². The topological polar surface area (TPSA) is 119 Å². The molecule has 4 heterocycles. The predicted octanol–water partition coefficient (Wildman–Crippen LogP) is 0.750. The molecule has 0 spiro atoms. The van der Waals surface area contributed by atoms with E-state index in [0.717, 1.165) is 0 Å². The molecule has 33 heavy (non-hydrogen) atoms. The molecule has 3 amide bonds. The summed E-state index contributed by atoms with van der Waals surface area (Å²) in [5.74, 6) is 0.145. The molecule has 4 rings (SSSR count). The van der Waals surface area contributed by atoms with Gasteiger partial charge in [-0.15, -0.1) is 0 Å². The number of allylic oxidation sites excluding steroid dienone is 1. The minimum absolute atomic E-state index is 0.0890. The van der Waals surface area contributed by atoms with Gasteiger partial charge in [0.2, 0.25) is 5.91 Å². The van der Waals surface area contributed by atoms with Crippen LogP contribution in [0.2, 0.25) is 0 Å². The number of hydrogen-bond acceptors (Lipinski definition) is 7. The molecule has 2 atom stereocenters. The molecule has 3 aliphatic rings. The first-order valence-electron chi connectivity index (χ1n) is 10.3. The molecule has 1 aromatic rings. The van der Waals surface area contributed by atoms with Gasteiger partial charge in [0, 0.05) is 25.4 Å². The first-order chi connectivity index (χ1) is 15.7. The van der Waals surface area contributed by atoms with E-state index in [-0.39, 0.29) is 25.1 Å². The number of nitrogens with zero attached hydrogens (tertiary/aromatic N) is 3. The van der Waals surface area contributed by atoms with Crippen LogP contribution in [-0.2, 0) is 4.79 Å².